The first-order valence-corrected chi connectivity index (χ1v) is 9.09. The third kappa shape index (κ3) is 6.76. The number of hydrogen-bond donors (Lipinski definition) is 2. The lowest BCUT2D eigenvalue weighted by atomic mass is 9.90. The molecule has 22 heavy (non-hydrogen) atoms. The molecule has 3 atom stereocenters. The van der Waals surface area contributed by atoms with E-state index in [4.69, 9.17) is 5.11 Å². The predicted molar refractivity (Wildman–Crippen MR) is 89.9 cm³/mol. The summed E-state index contributed by atoms with van der Waals surface area (Å²) >= 11 is 0. The van der Waals surface area contributed by atoms with Gasteiger partial charge in [-0.1, -0.05) is 45.4 Å². The van der Waals surface area contributed by atoms with Gasteiger partial charge in [-0.15, -0.1) is 0 Å². The zero-order valence-corrected chi connectivity index (χ0v) is 14.5. The van der Waals surface area contributed by atoms with E-state index in [1.165, 1.54) is 32.1 Å². The minimum atomic E-state index is -0.685. The molecule has 1 unspecified atom stereocenters. The fourth-order valence-electron chi connectivity index (χ4n) is 3.39. The van der Waals surface area contributed by atoms with Crippen LogP contribution in [-0.4, -0.2) is 53.2 Å². The molecule has 1 rings (SSSR count). The summed E-state index contributed by atoms with van der Waals surface area (Å²) in [5, 5.41) is 19.7. The molecule has 0 radical (unpaired) electrons. The Kier molecular flexibility index (Phi) is 9.92. The predicted octanol–water partition coefficient (Wildman–Crippen LogP) is 2.76. The molecule has 0 spiro atoms. The van der Waals surface area contributed by atoms with Gasteiger partial charge in [0.25, 0.3) is 0 Å². The summed E-state index contributed by atoms with van der Waals surface area (Å²) in [5.74, 6) is 0.108. The second kappa shape index (κ2) is 11.1. The topological polar surface area (TPSA) is 60.8 Å². The SMILES string of the molecule is C[C@H](CCO)C(O)[C@H]1C(=O)CCCCCCCCCCN1C. The van der Waals surface area contributed by atoms with Crippen LogP contribution in [0.2, 0.25) is 0 Å². The van der Waals surface area contributed by atoms with E-state index in [-0.39, 0.29) is 18.3 Å². The standard InChI is InChI=1S/C18H35NO3/c1-15(12-14-20)18(22)17-16(21)11-9-7-5-3-4-6-8-10-13-19(17)2/h15,17-18,20,22H,3-14H2,1-2H3/t15-,17-,18?/m1/s1. The smallest absolute Gasteiger partial charge is 0.152 e. The van der Waals surface area contributed by atoms with Crippen molar-refractivity contribution in [3.05, 3.63) is 0 Å². The normalized spacial score (nSPS) is 26.5. The van der Waals surface area contributed by atoms with Crippen molar-refractivity contribution >= 4 is 5.78 Å². The molecule has 1 heterocycles. The van der Waals surface area contributed by atoms with Crippen LogP contribution >= 0.6 is 0 Å². The number of rotatable bonds is 4. The molecule has 4 nitrogen and oxygen atoms in total. The van der Waals surface area contributed by atoms with Gasteiger partial charge in [0.05, 0.1) is 12.1 Å². The highest BCUT2D eigenvalue weighted by Gasteiger charge is 2.33. The van der Waals surface area contributed by atoms with Crippen LogP contribution in [0.15, 0.2) is 0 Å². The number of carbonyl (C=O) groups excluding carboxylic acids is 1. The Morgan fingerprint density at radius 3 is 2.23 bits per heavy atom. The molecule has 1 aliphatic heterocycles. The Hall–Kier alpha value is -0.450. The molecule has 1 aliphatic rings. The van der Waals surface area contributed by atoms with Crippen molar-refractivity contribution in [3.8, 4) is 0 Å². The number of hydrogen-bond acceptors (Lipinski definition) is 4. The Bertz CT molecular complexity index is 309. The largest absolute Gasteiger partial charge is 0.396 e. The molecule has 0 aromatic carbocycles. The molecular formula is C18H35NO3. The average Bonchev–Trinajstić information content (AvgIpc) is 2.50. The lowest BCUT2D eigenvalue weighted by Crippen LogP contribution is -2.50. The summed E-state index contributed by atoms with van der Waals surface area (Å²) in [6.45, 7) is 2.84. The first kappa shape index (κ1) is 19.6. The number of aliphatic hydroxyl groups excluding tert-OH is 2. The molecule has 0 bridgehead atoms. The second-order valence-electron chi connectivity index (χ2n) is 6.95. The van der Waals surface area contributed by atoms with Crippen LogP contribution in [0, 0.1) is 5.92 Å². The maximum atomic E-state index is 12.6. The zero-order chi connectivity index (χ0) is 16.4. The highest BCUT2D eigenvalue weighted by molar-refractivity contribution is 5.84. The van der Waals surface area contributed by atoms with Crippen molar-refractivity contribution in [2.45, 2.75) is 83.3 Å². The number of aliphatic hydroxyl groups is 2. The fourth-order valence-corrected chi connectivity index (χ4v) is 3.39. The van der Waals surface area contributed by atoms with E-state index in [0.717, 1.165) is 25.8 Å². The minimum Gasteiger partial charge on any atom is -0.396 e. The van der Waals surface area contributed by atoms with E-state index in [2.05, 4.69) is 0 Å². The van der Waals surface area contributed by atoms with Crippen molar-refractivity contribution in [2.24, 2.45) is 5.92 Å². The van der Waals surface area contributed by atoms with Crippen molar-refractivity contribution in [1.29, 1.82) is 0 Å². The Morgan fingerprint density at radius 1 is 1.09 bits per heavy atom. The van der Waals surface area contributed by atoms with Crippen molar-refractivity contribution < 1.29 is 15.0 Å². The quantitative estimate of drug-likeness (QED) is 0.838. The van der Waals surface area contributed by atoms with Gasteiger partial charge in [0.15, 0.2) is 5.78 Å². The third-order valence-corrected chi connectivity index (χ3v) is 4.98. The van der Waals surface area contributed by atoms with E-state index in [1.807, 2.05) is 18.9 Å². The minimum absolute atomic E-state index is 0.0583. The highest BCUT2D eigenvalue weighted by Crippen LogP contribution is 2.20. The van der Waals surface area contributed by atoms with E-state index >= 15 is 0 Å². The summed E-state index contributed by atoms with van der Waals surface area (Å²) in [6.07, 6.45) is 9.84. The molecule has 4 heteroatoms. The molecule has 0 aromatic rings. The summed E-state index contributed by atoms with van der Waals surface area (Å²) < 4.78 is 0. The van der Waals surface area contributed by atoms with Crippen molar-refractivity contribution in [2.75, 3.05) is 20.2 Å². The average molecular weight is 313 g/mol. The number of likely N-dealkylation sites (N-methyl/N-ethyl adjacent to an activating group) is 1. The number of ketones is 1. The number of nitrogens with zero attached hydrogens (tertiary/aromatic N) is 1. The first-order chi connectivity index (χ1) is 10.6. The van der Waals surface area contributed by atoms with Gasteiger partial charge < -0.3 is 10.2 Å². The first-order valence-electron chi connectivity index (χ1n) is 9.09. The van der Waals surface area contributed by atoms with Gasteiger partial charge in [0, 0.05) is 13.0 Å². The Balaban J connectivity index is 2.72. The van der Waals surface area contributed by atoms with Crippen LogP contribution in [-0.2, 0) is 4.79 Å². The molecule has 0 aliphatic carbocycles. The van der Waals surface area contributed by atoms with Crippen LogP contribution in [0.5, 0.6) is 0 Å². The summed E-state index contributed by atoms with van der Waals surface area (Å²) in [6, 6.07) is -0.415. The molecule has 130 valence electrons. The van der Waals surface area contributed by atoms with Crippen LogP contribution in [0.3, 0.4) is 0 Å². The van der Waals surface area contributed by atoms with Crippen LogP contribution < -0.4 is 0 Å². The lowest BCUT2D eigenvalue weighted by molar-refractivity contribution is -0.129. The summed E-state index contributed by atoms with van der Waals surface area (Å²) in [5.41, 5.74) is 0. The summed E-state index contributed by atoms with van der Waals surface area (Å²) in [4.78, 5) is 14.7. The van der Waals surface area contributed by atoms with Gasteiger partial charge in [-0.05, 0) is 38.8 Å². The molecular weight excluding hydrogens is 278 g/mol. The van der Waals surface area contributed by atoms with Gasteiger partial charge in [-0.3, -0.25) is 9.69 Å². The molecule has 0 amide bonds. The van der Waals surface area contributed by atoms with Gasteiger partial charge in [0.1, 0.15) is 0 Å². The fraction of sp³-hybridized carbons (Fsp3) is 0.944. The number of Topliss-reactive ketones (excluding diaryl/α,β-unsaturated/α-hetero) is 1. The van der Waals surface area contributed by atoms with E-state index in [1.54, 1.807) is 0 Å². The second-order valence-corrected chi connectivity index (χ2v) is 6.95. The maximum absolute atomic E-state index is 12.6. The number of carbonyl (C=O) groups is 1. The van der Waals surface area contributed by atoms with E-state index in [9.17, 15) is 9.90 Å². The van der Waals surface area contributed by atoms with Crippen molar-refractivity contribution in [3.63, 3.8) is 0 Å². The molecule has 1 saturated heterocycles. The Labute approximate surface area is 135 Å². The monoisotopic (exact) mass is 313 g/mol. The maximum Gasteiger partial charge on any atom is 0.152 e. The van der Waals surface area contributed by atoms with Gasteiger partial charge in [0.2, 0.25) is 0 Å². The zero-order valence-electron chi connectivity index (χ0n) is 14.5. The van der Waals surface area contributed by atoms with Crippen molar-refractivity contribution in [1.82, 2.24) is 4.90 Å². The van der Waals surface area contributed by atoms with Crippen LogP contribution in [0.1, 0.15) is 71.1 Å². The van der Waals surface area contributed by atoms with E-state index < -0.39 is 12.1 Å². The molecule has 0 saturated carbocycles. The molecule has 0 aromatic heterocycles. The van der Waals surface area contributed by atoms with Gasteiger partial charge >= 0.3 is 0 Å². The summed E-state index contributed by atoms with van der Waals surface area (Å²) in [7, 11) is 1.96. The molecule has 2 N–H and O–H groups in total. The lowest BCUT2D eigenvalue weighted by Gasteiger charge is -2.33. The Morgan fingerprint density at radius 2 is 1.64 bits per heavy atom. The van der Waals surface area contributed by atoms with Crippen LogP contribution in [0.4, 0.5) is 0 Å². The van der Waals surface area contributed by atoms with Gasteiger partial charge in [-0.2, -0.15) is 0 Å². The third-order valence-electron chi connectivity index (χ3n) is 4.98. The highest BCUT2D eigenvalue weighted by atomic mass is 16.3. The van der Waals surface area contributed by atoms with Gasteiger partial charge in [-0.25, -0.2) is 0 Å². The molecule has 1 fully saturated rings. The van der Waals surface area contributed by atoms with E-state index in [0.29, 0.717) is 12.8 Å². The van der Waals surface area contributed by atoms with Crippen LogP contribution in [0.25, 0.3) is 0 Å².